The first kappa shape index (κ1) is 48.1. The number of esters is 1. The molecule has 320 valence electrons. The van der Waals surface area contributed by atoms with Gasteiger partial charge in [0.25, 0.3) is 0 Å². The van der Waals surface area contributed by atoms with Crippen molar-refractivity contribution in [1.82, 2.24) is 0 Å². The first-order valence-corrected chi connectivity index (χ1v) is 21.2. The van der Waals surface area contributed by atoms with Crippen LogP contribution in [-0.4, -0.2) is 97.2 Å². The van der Waals surface area contributed by atoms with E-state index in [-0.39, 0.29) is 35.9 Å². The largest absolute Gasteiger partial charge is 0.458 e. The Morgan fingerprint density at radius 2 is 1.48 bits per heavy atom. The maximum atomic E-state index is 13.5. The Kier molecular flexibility index (Phi) is 17.7. The molecule has 3 heterocycles. The van der Waals surface area contributed by atoms with E-state index in [1.807, 2.05) is 32.1 Å². The van der Waals surface area contributed by atoms with E-state index >= 15 is 0 Å². The van der Waals surface area contributed by atoms with Gasteiger partial charge in [0.2, 0.25) is 0 Å². The second-order valence-electron chi connectivity index (χ2n) is 18.0. The van der Waals surface area contributed by atoms with Crippen LogP contribution in [-0.2, 0) is 28.6 Å². The molecule has 1 spiro atoms. The normalized spacial score (nSPS) is 45.1. The minimum atomic E-state index is -2.18. The number of aliphatic hydroxyl groups is 5. The zero-order chi connectivity index (χ0) is 42.3. The van der Waals surface area contributed by atoms with Gasteiger partial charge >= 0.3 is 5.97 Å². The molecule has 2 bridgehead atoms. The number of fused-ring (bicyclic) bond motifs is 2. The third kappa shape index (κ3) is 11.5. The fourth-order valence-corrected chi connectivity index (χ4v) is 9.01. The van der Waals surface area contributed by atoms with Gasteiger partial charge in [0, 0.05) is 48.0 Å². The van der Waals surface area contributed by atoms with E-state index in [1.165, 1.54) is 39.8 Å². The second kappa shape index (κ2) is 20.6. The molecule has 0 aromatic heterocycles. The van der Waals surface area contributed by atoms with Gasteiger partial charge in [-0.25, -0.2) is 4.79 Å². The average molecular weight is 791 g/mol. The summed E-state index contributed by atoms with van der Waals surface area (Å²) in [5.74, 6) is -7.28. The van der Waals surface area contributed by atoms with Gasteiger partial charge in [-0.15, -0.1) is 0 Å². The fraction of sp³-hybridized carbons (Fsp3) is 0.800. The highest BCUT2D eigenvalue weighted by Crippen LogP contribution is 2.49. The summed E-state index contributed by atoms with van der Waals surface area (Å²) in [5, 5.41) is 55.0. The van der Waals surface area contributed by atoms with Gasteiger partial charge in [0.1, 0.15) is 17.5 Å². The van der Waals surface area contributed by atoms with Crippen LogP contribution in [0, 0.1) is 53.3 Å². The van der Waals surface area contributed by atoms with Crippen LogP contribution in [0.1, 0.15) is 121 Å². The van der Waals surface area contributed by atoms with E-state index in [1.54, 1.807) is 20.8 Å². The Labute approximate surface area is 336 Å². The predicted molar refractivity (Wildman–Crippen MR) is 215 cm³/mol. The molecular weight excluding hydrogens is 716 g/mol. The third-order valence-corrected chi connectivity index (χ3v) is 13.4. The van der Waals surface area contributed by atoms with Crippen molar-refractivity contribution in [3.8, 4) is 0 Å². The van der Waals surface area contributed by atoms with Crippen molar-refractivity contribution in [3.05, 3.63) is 36.5 Å². The van der Waals surface area contributed by atoms with Gasteiger partial charge in [-0.1, -0.05) is 92.7 Å². The van der Waals surface area contributed by atoms with Gasteiger partial charge in [-0.3, -0.25) is 9.59 Å². The van der Waals surface area contributed by atoms with Gasteiger partial charge in [0.15, 0.2) is 11.6 Å². The number of Topliss-reactive ketones (excluding diaryl/α,β-unsaturated/α-hetero) is 2. The molecule has 0 aliphatic carbocycles. The molecular formula is C45H74O11. The number of ketones is 2. The molecule has 11 nitrogen and oxygen atoms in total. The number of allylic oxidation sites excluding steroid dienone is 4. The van der Waals surface area contributed by atoms with Crippen molar-refractivity contribution in [2.24, 2.45) is 53.3 Å². The van der Waals surface area contributed by atoms with Crippen molar-refractivity contribution >= 4 is 17.5 Å². The number of hydrogen-bond donors (Lipinski definition) is 5. The molecule has 0 amide bonds. The van der Waals surface area contributed by atoms with Crippen molar-refractivity contribution in [3.63, 3.8) is 0 Å². The van der Waals surface area contributed by atoms with Crippen molar-refractivity contribution < 1.29 is 54.1 Å². The van der Waals surface area contributed by atoms with Gasteiger partial charge in [-0.2, -0.15) is 0 Å². The van der Waals surface area contributed by atoms with Crippen LogP contribution in [0.4, 0.5) is 0 Å². The topological polar surface area (TPSA) is 180 Å². The van der Waals surface area contributed by atoms with E-state index in [0.29, 0.717) is 25.7 Å². The first-order valence-electron chi connectivity index (χ1n) is 21.2. The van der Waals surface area contributed by atoms with E-state index in [9.17, 15) is 39.9 Å². The predicted octanol–water partition coefficient (Wildman–Crippen LogP) is 5.88. The maximum Gasteiger partial charge on any atom is 0.330 e. The monoisotopic (exact) mass is 791 g/mol. The lowest BCUT2D eigenvalue weighted by atomic mass is 9.74. The molecule has 5 unspecified atom stereocenters. The van der Waals surface area contributed by atoms with E-state index in [0.717, 1.165) is 19.3 Å². The molecule has 0 aromatic carbocycles. The lowest BCUT2D eigenvalue weighted by molar-refractivity contribution is -0.371. The van der Waals surface area contributed by atoms with Crippen molar-refractivity contribution in [1.29, 1.82) is 0 Å². The molecule has 3 rings (SSSR count). The maximum absolute atomic E-state index is 13.5. The second-order valence-corrected chi connectivity index (χ2v) is 18.0. The Morgan fingerprint density at radius 3 is 2.11 bits per heavy atom. The standard InChI is InChI=1S/C45H74O11/c1-12-34-17-15-13-14-16-27(4)42(51)44(11,53)43(52)32(9)40(50)31(8)39(49)30(7)38(48)26(3)18-21-37(47)54-41-29(6)35(20-19-34)55-45(33(41)10)23-22-25(2)36(56-45)24-28(5)46/h13-15,17-18,21,25-36,38,40-42,46,48,50-51,53H,12,16,19-20,22-24H2,1-11H3/t25-,26-,27+,28+,29+,30-,31+,32+,33-,34?,35?,36?,38+,40+,41?,42-,44+,45?/m1/s1. The minimum absolute atomic E-state index is 0.168. The molecule has 18 atom stereocenters. The smallest absolute Gasteiger partial charge is 0.330 e. The number of carbonyl (C=O) groups is 3. The summed E-state index contributed by atoms with van der Waals surface area (Å²) in [5.41, 5.74) is -2.18. The molecule has 3 aliphatic rings. The van der Waals surface area contributed by atoms with E-state index in [2.05, 4.69) is 19.9 Å². The zero-order valence-corrected chi connectivity index (χ0v) is 35.8. The van der Waals surface area contributed by atoms with Gasteiger partial charge < -0.3 is 39.7 Å². The summed E-state index contributed by atoms with van der Waals surface area (Å²) in [7, 11) is 0. The molecule has 0 radical (unpaired) electrons. The van der Waals surface area contributed by atoms with Crippen LogP contribution in [0.3, 0.4) is 0 Å². The van der Waals surface area contributed by atoms with Gasteiger partial charge in [-0.05, 0) is 70.1 Å². The van der Waals surface area contributed by atoms with E-state index in [4.69, 9.17) is 14.2 Å². The molecule has 56 heavy (non-hydrogen) atoms. The summed E-state index contributed by atoms with van der Waals surface area (Å²) in [6, 6.07) is 0. The van der Waals surface area contributed by atoms with Crippen LogP contribution in [0.5, 0.6) is 0 Å². The van der Waals surface area contributed by atoms with Crippen LogP contribution in [0.15, 0.2) is 36.5 Å². The number of ether oxygens (including phenoxy) is 3. The quantitative estimate of drug-likeness (QED) is 0.216. The number of hydrogen-bond acceptors (Lipinski definition) is 11. The van der Waals surface area contributed by atoms with Crippen LogP contribution >= 0.6 is 0 Å². The minimum Gasteiger partial charge on any atom is -0.458 e. The SMILES string of the molecule is CCC1C=CC=CC[C@H](C)[C@@H](O)[C@](C)(O)C(=O)[C@@H](C)[C@@H](O)[C@@H](C)C(=O)[C@H](C)[C@@H](O)[C@H](C)C=CC(=O)OC2[C@@H](C)C(CC1)OC1(CC[C@@H](C)C(C[C@H](C)O)O1)[C@@H]2C. The van der Waals surface area contributed by atoms with Gasteiger partial charge in [0.05, 0.1) is 36.6 Å². The molecule has 0 aromatic rings. The molecule has 2 saturated heterocycles. The van der Waals surface area contributed by atoms with Crippen LogP contribution in [0.25, 0.3) is 0 Å². The number of rotatable bonds is 3. The summed E-state index contributed by atoms with van der Waals surface area (Å²) in [4.78, 5) is 40.5. The van der Waals surface area contributed by atoms with E-state index < -0.39 is 89.0 Å². The lowest BCUT2D eigenvalue weighted by Gasteiger charge is -2.55. The highest BCUT2D eigenvalue weighted by Gasteiger charge is 2.56. The molecule has 5 N–H and O–H groups in total. The van der Waals surface area contributed by atoms with Crippen molar-refractivity contribution in [2.75, 3.05) is 0 Å². The van der Waals surface area contributed by atoms with Crippen LogP contribution < -0.4 is 0 Å². The number of aliphatic hydroxyl groups excluding tert-OH is 4. The molecule has 0 saturated carbocycles. The summed E-state index contributed by atoms with van der Waals surface area (Å²) < 4.78 is 20.0. The lowest BCUT2D eigenvalue weighted by Crippen LogP contribution is -2.62. The Balaban J connectivity index is 1.99. The summed E-state index contributed by atoms with van der Waals surface area (Å²) in [6.07, 6.45) is 9.62. The first-order chi connectivity index (χ1) is 26.1. The van der Waals surface area contributed by atoms with Crippen molar-refractivity contribution in [2.45, 2.75) is 175 Å². The fourth-order valence-electron chi connectivity index (χ4n) is 9.01. The Hall–Kier alpha value is -2.25. The Morgan fingerprint density at radius 1 is 0.839 bits per heavy atom. The third-order valence-electron chi connectivity index (χ3n) is 13.4. The average Bonchev–Trinajstić information content (AvgIpc) is 3.16. The molecule has 2 fully saturated rings. The highest BCUT2D eigenvalue weighted by molar-refractivity contribution is 5.91. The highest BCUT2D eigenvalue weighted by atomic mass is 16.7. The van der Waals surface area contributed by atoms with Crippen LogP contribution in [0.2, 0.25) is 0 Å². The zero-order valence-electron chi connectivity index (χ0n) is 35.8. The molecule has 3 aliphatic heterocycles. The molecule has 11 heteroatoms. The number of carbonyl (C=O) groups excluding carboxylic acids is 3. The Bertz CT molecular complexity index is 1390. The summed E-state index contributed by atoms with van der Waals surface area (Å²) >= 11 is 0. The summed E-state index contributed by atoms with van der Waals surface area (Å²) in [6.45, 7) is 19.1.